The molecule has 60 valence electrons. The Labute approximate surface area is 84.1 Å². The minimum Gasteiger partial charge on any atom is -1.00 e. The quantitative estimate of drug-likeness (QED) is 0.431. The van der Waals surface area contributed by atoms with Crippen molar-refractivity contribution in [2.45, 2.75) is 0 Å². The number of aromatic nitrogens is 1. The third-order valence-corrected chi connectivity index (χ3v) is 1.60. The van der Waals surface area contributed by atoms with Gasteiger partial charge >= 0.3 is 5.91 Å². The Morgan fingerprint density at radius 3 is 2.27 bits per heavy atom. The minimum absolute atomic E-state index is 0. The first kappa shape index (κ1) is 10.8. The van der Waals surface area contributed by atoms with Gasteiger partial charge in [-0.2, -0.15) is 0 Å². The van der Waals surface area contributed by atoms with Crippen molar-refractivity contribution in [3.05, 3.63) is 30.6 Å². The lowest BCUT2D eigenvalue weighted by Crippen LogP contribution is -3.00. The first-order valence-electron chi connectivity index (χ1n) is 2.90. The van der Waals surface area contributed by atoms with Crippen molar-refractivity contribution in [3.8, 4) is 0 Å². The average molecular weight is 281 g/mol. The van der Waals surface area contributed by atoms with Gasteiger partial charge in [0.15, 0.2) is 12.4 Å². The Morgan fingerprint density at radius 2 is 1.82 bits per heavy atom. The Hall–Kier alpha value is -0.220. The number of halogens is 2. The van der Waals surface area contributed by atoms with E-state index < -0.39 is 0 Å². The molecule has 0 atom stereocenters. The van der Waals surface area contributed by atoms with Gasteiger partial charge in [-0.1, -0.05) is 22.0 Å². The second-order valence-corrected chi connectivity index (χ2v) is 2.37. The summed E-state index contributed by atoms with van der Waals surface area (Å²) in [6.07, 6.45) is 3.45. The fraction of sp³-hybridized carbons (Fsp3) is 0.143. The number of carbonyl (C=O) groups is 1. The monoisotopic (exact) mass is 279 g/mol. The Bertz CT molecular complexity index is 225. The van der Waals surface area contributed by atoms with E-state index in [0.717, 1.165) is 0 Å². The molecular weight excluding hydrogens is 274 g/mol. The fourth-order valence-electron chi connectivity index (χ4n) is 0.634. The molecule has 1 rings (SSSR count). The Morgan fingerprint density at radius 1 is 1.27 bits per heavy atom. The molecule has 0 spiro atoms. The summed E-state index contributed by atoms with van der Waals surface area (Å²) < 4.78 is 1.54. The van der Waals surface area contributed by atoms with Crippen LogP contribution in [0.25, 0.3) is 0 Å². The van der Waals surface area contributed by atoms with Crippen molar-refractivity contribution in [2.24, 2.45) is 0 Å². The maximum absolute atomic E-state index is 10.9. The second-order valence-electron chi connectivity index (χ2n) is 1.81. The van der Waals surface area contributed by atoms with Crippen LogP contribution < -0.4 is 21.5 Å². The Balaban J connectivity index is 0.000001000. The molecule has 0 aliphatic heterocycles. The summed E-state index contributed by atoms with van der Waals surface area (Å²) in [7, 11) is 0. The van der Waals surface area contributed by atoms with Crippen molar-refractivity contribution in [1.29, 1.82) is 0 Å². The van der Waals surface area contributed by atoms with Gasteiger partial charge in [-0.3, -0.25) is 0 Å². The molecule has 4 heteroatoms. The SMILES string of the molecule is O=C(CBr)[n+]1ccccc1.[Br-]. The highest BCUT2D eigenvalue weighted by atomic mass is 79.9. The van der Waals surface area contributed by atoms with Gasteiger partial charge in [-0.25, -0.2) is 4.79 Å². The van der Waals surface area contributed by atoms with Crippen LogP contribution in [0.2, 0.25) is 0 Å². The van der Waals surface area contributed by atoms with Gasteiger partial charge in [0, 0.05) is 12.1 Å². The fourth-order valence-corrected chi connectivity index (χ4v) is 0.924. The van der Waals surface area contributed by atoms with Gasteiger partial charge in [0.05, 0.1) is 0 Å². The number of pyridine rings is 1. The van der Waals surface area contributed by atoms with Crippen molar-refractivity contribution in [1.82, 2.24) is 0 Å². The van der Waals surface area contributed by atoms with E-state index >= 15 is 0 Å². The van der Waals surface area contributed by atoms with E-state index in [1.54, 1.807) is 12.4 Å². The van der Waals surface area contributed by atoms with E-state index in [0.29, 0.717) is 5.33 Å². The highest BCUT2D eigenvalue weighted by Crippen LogP contribution is 1.81. The largest absolute Gasteiger partial charge is 1.00 e. The number of alkyl halides is 1. The normalized spacial score (nSPS) is 8.45. The summed E-state index contributed by atoms with van der Waals surface area (Å²) in [5.74, 6) is 0.0422. The topological polar surface area (TPSA) is 20.9 Å². The van der Waals surface area contributed by atoms with E-state index in [4.69, 9.17) is 0 Å². The van der Waals surface area contributed by atoms with Crippen LogP contribution in [-0.4, -0.2) is 11.2 Å². The zero-order valence-corrected chi connectivity index (χ0v) is 8.88. The zero-order valence-electron chi connectivity index (χ0n) is 5.71. The van der Waals surface area contributed by atoms with Crippen LogP contribution in [-0.2, 0) is 0 Å². The van der Waals surface area contributed by atoms with Crippen molar-refractivity contribution in [3.63, 3.8) is 0 Å². The molecule has 0 aliphatic carbocycles. The molecule has 0 aromatic carbocycles. The van der Waals surface area contributed by atoms with Gasteiger partial charge in [0.1, 0.15) is 5.33 Å². The molecule has 0 radical (unpaired) electrons. The summed E-state index contributed by atoms with van der Waals surface area (Å²) in [4.78, 5) is 10.9. The molecule has 0 amide bonds. The lowest BCUT2D eigenvalue weighted by molar-refractivity contribution is -0.572. The van der Waals surface area contributed by atoms with Gasteiger partial charge in [0.25, 0.3) is 0 Å². The van der Waals surface area contributed by atoms with E-state index in [1.165, 1.54) is 4.57 Å². The van der Waals surface area contributed by atoms with E-state index in [2.05, 4.69) is 15.9 Å². The molecule has 0 N–H and O–H groups in total. The van der Waals surface area contributed by atoms with Gasteiger partial charge in [0.2, 0.25) is 0 Å². The van der Waals surface area contributed by atoms with Crippen LogP contribution in [0, 0.1) is 0 Å². The minimum atomic E-state index is 0. The van der Waals surface area contributed by atoms with E-state index in [9.17, 15) is 4.79 Å². The summed E-state index contributed by atoms with van der Waals surface area (Å²) in [6.45, 7) is 0. The van der Waals surface area contributed by atoms with Gasteiger partial charge in [-0.15, -0.1) is 4.57 Å². The number of carbonyl (C=O) groups excluding carboxylic acids is 1. The number of rotatable bonds is 1. The van der Waals surface area contributed by atoms with Crippen molar-refractivity contribution < 1.29 is 26.3 Å². The van der Waals surface area contributed by atoms with Crippen molar-refractivity contribution >= 4 is 21.8 Å². The third kappa shape index (κ3) is 3.12. The molecule has 1 aromatic rings. The molecule has 0 saturated heterocycles. The summed E-state index contributed by atoms with van der Waals surface area (Å²) >= 11 is 3.08. The molecule has 0 saturated carbocycles. The zero-order chi connectivity index (χ0) is 7.40. The molecule has 2 nitrogen and oxygen atoms in total. The molecule has 11 heavy (non-hydrogen) atoms. The molecule has 0 aliphatic rings. The van der Waals surface area contributed by atoms with Crippen LogP contribution >= 0.6 is 15.9 Å². The van der Waals surface area contributed by atoms with E-state index in [-0.39, 0.29) is 22.9 Å². The van der Waals surface area contributed by atoms with Crippen LogP contribution in [0.5, 0.6) is 0 Å². The molecular formula is C7H7Br2NO. The molecule has 0 fully saturated rings. The van der Waals surface area contributed by atoms with Crippen LogP contribution in [0.4, 0.5) is 0 Å². The average Bonchev–Trinajstić information content (AvgIpc) is 2.05. The lowest BCUT2D eigenvalue weighted by atomic mass is 10.5. The van der Waals surface area contributed by atoms with Gasteiger partial charge < -0.3 is 17.0 Å². The summed E-state index contributed by atoms with van der Waals surface area (Å²) in [5, 5.41) is 0.363. The van der Waals surface area contributed by atoms with Crippen LogP contribution in [0.15, 0.2) is 30.6 Å². The van der Waals surface area contributed by atoms with Crippen molar-refractivity contribution in [2.75, 3.05) is 5.33 Å². The highest BCUT2D eigenvalue weighted by Gasteiger charge is 2.08. The number of hydrogen-bond acceptors (Lipinski definition) is 1. The third-order valence-electron chi connectivity index (χ3n) is 1.12. The summed E-state index contributed by atoms with van der Waals surface area (Å²) in [5.41, 5.74) is 0. The smallest absolute Gasteiger partial charge is 0.402 e. The highest BCUT2D eigenvalue weighted by molar-refractivity contribution is 9.09. The van der Waals surface area contributed by atoms with Crippen LogP contribution in [0.3, 0.4) is 0 Å². The lowest BCUT2D eigenvalue weighted by Gasteiger charge is -1.86. The number of nitrogens with zero attached hydrogens (tertiary/aromatic N) is 1. The predicted molar refractivity (Wildman–Crippen MR) is 41.1 cm³/mol. The first-order chi connectivity index (χ1) is 4.84. The van der Waals surface area contributed by atoms with Crippen LogP contribution in [0.1, 0.15) is 4.79 Å². The predicted octanol–water partition coefficient (Wildman–Crippen LogP) is -1.99. The van der Waals surface area contributed by atoms with E-state index in [1.807, 2.05) is 18.2 Å². The standard InChI is InChI=1S/C7H7BrNO.BrH/c8-6-7(10)9-4-2-1-3-5-9;/h1-5H,6H2;1H/q+1;/p-1. The molecule has 0 unspecified atom stereocenters. The molecule has 1 aromatic heterocycles. The Kier molecular flexibility index (Phi) is 5.32. The molecule has 1 heterocycles. The molecule has 0 bridgehead atoms. The summed E-state index contributed by atoms with van der Waals surface area (Å²) in [6, 6.07) is 5.51. The first-order valence-corrected chi connectivity index (χ1v) is 4.02. The number of hydrogen-bond donors (Lipinski definition) is 0. The maximum atomic E-state index is 10.9. The van der Waals surface area contributed by atoms with Gasteiger partial charge in [-0.05, 0) is 0 Å². The second kappa shape index (κ2) is 5.43. The maximum Gasteiger partial charge on any atom is 0.402 e.